The van der Waals surface area contributed by atoms with E-state index in [0.29, 0.717) is 47.7 Å². The molecule has 0 spiro atoms. The molecular formula is C26H25Cl2N3O4S. The van der Waals surface area contributed by atoms with Crippen LogP contribution in [0.1, 0.15) is 5.56 Å². The lowest BCUT2D eigenvalue weighted by Gasteiger charge is -2.40. The summed E-state index contributed by atoms with van der Waals surface area (Å²) in [5.74, 6) is 0.121. The number of nitrogens with zero attached hydrogens (tertiary/aromatic N) is 3. The number of amides is 1. The van der Waals surface area contributed by atoms with Crippen LogP contribution in [0.2, 0.25) is 10.0 Å². The Morgan fingerprint density at radius 2 is 1.56 bits per heavy atom. The van der Waals surface area contributed by atoms with Crippen molar-refractivity contribution in [3.63, 3.8) is 0 Å². The summed E-state index contributed by atoms with van der Waals surface area (Å²) in [7, 11) is -3.94. The number of rotatable bonds is 4. The van der Waals surface area contributed by atoms with Gasteiger partial charge in [0.1, 0.15) is 5.75 Å². The predicted octanol–water partition coefficient (Wildman–Crippen LogP) is 4.61. The lowest BCUT2D eigenvalue weighted by atomic mass is 10.1. The van der Waals surface area contributed by atoms with Crippen LogP contribution in [0.4, 0.5) is 11.4 Å². The predicted molar refractivity (Wildman–Crippen MR) is 142 cm³/mol. The number of benzene rings is 3. The number of hydrogen-bond acceptors (Lipinski definition) is 5. The molecule has 188 valence electrons. The number of halogens is 2. The average molecular weight is 546 g/mol. The molecule has 0 radical (unpaired) electrons. The van der Waals surface area contributed by atoms with Crippen molar-refractivity contribution in [3.05, 3.63) is 82.3 Å². The van der Waals surface area contributed by atoms with E-state index in [1.165, 1.54) is 28.6 Å². The lowest BCUT2D eigenvalue weighted by molar-refractivity contribution is -0.138. The summed E-state index contributed by atoms with van der Waals surface area (Å²) in [6, 6.07) is 18.6. The minimum Gasteiger partial charge on any atom is -0.476 e. The van der Waals surface area contributed by atoms with Gasteiger partial charge in [-0.25, -0.2) is 8.42 Å². The van der Waals surface area contributed by atoms with Gasteiger partial charge in [-0.3, -0.25) is 9.10 Å². The standard InChI is InChI=1S/C26H25Cl2N3O4S/c1-18-6-7-20(28)16-23(18)29-12-14-30(15-13-29)26(32)25-17-31(22-4-2-3-5-24(22)35-25)36(33,34)21-10-8-19(27)9-11-21/h2-11,16,25H,12-15,17H2,1H3/t25-/m0/s1. The fraction of sp³-hybridized carbons (Fsp3) is 0.269. The molecule has 1 amide bonds. The molecule has 0 bridgehead atoms. The first-order valence-corrected chi connectivity index (χ1v) is 13.8. The summed E-state index contributed by atoms with van der Waals surface area (Å²) >= 11 is 12.1. The van der Waals surface area contributed by atoms with E-state index >= 15 is 0 Å². The third kappa shape index (κ3) is 4.73. The maximum Gasteiger partial charge on any atom is 0.265 e. The van der Waals surface area contributed by atoms with Crippen LogP contribution in [-0.2, 0) is 14.8 Å². The molecule has 0 unspecified atom stereocenters. The van der Waals surface area contributed by atoms with E-state index in [-0.39, 0.29) is 17.3 Å². The van der Waals surface area contributed by atoms with Crippen molar-refractivity contribution in [2.24, 2.45) is 0 Å². The van der Waals surface area contributed by atoms with Gasteiger partial charge in [-0.05, 0) is 61.0 Å². The molecule has 36 heavy (non-hydrogen) atoms. The molecule has 0 N–H and O–H groups in total. The highest BCUT2D eigenvalue weighted by Gasteiger charge is 2.39. The molecule has 0 saturated carbocycles. The van der Waals surface area contributed by atoms with Crippen LogP contribution < -0.4 is 13.9 Å². The maximum atomic E-state index is 13.5. The summed E-state index contributed by atoms with van der Waals surface area (Å²) in [5.41, 5.74) is 2.57. The molecule has 2 aliphatic heterocycles. The SMILES string of the molecule is Cc1ccc(Cl)cc1N1CCN(C(=O)[C@@H]2CN(S(=O)(=O)c3ccc(Cl)cc3)c3ccccc3O2)CC1. The number of fused-ring (bicyclic) bond motifs is 1. The molecule has 5 rings (SSSR count). The molecule has 2 heterocycles. The molecule has 1 saturated heterocycles. The number of para-hydroxylation sites is 2. The Balaban J connectivity index is 1.36. The van der Waals surface area contributed by atoms with Crippen molar-refractivity contribution in [2.45, 2.75) is 17.9 Å². The number of ether oxygens (including phenoxy) is 1. The number of sulfonamides is 1. The topological polar surface area (TPSA) is 70.2 Å². The Hall–Kier alpha value is -2.94. The Bertz CT molecular complexity index is 1390. The van der Waals surface area contributed by atoms with Crippen molar-refractivity contribution < 1.29 is 17.9 Å². The number of hydrogen-bond donors (Lipinski definition) is 0. The number of carbonyl (C=O) groups is 1. The van der Waals surface area contributed by atoms with Crippen LogP contribution in [0.25, 0.3) is 0 Å². The van der Waals surface area contributed by atoms with Crippen LogP contribution in [0.3, 0.4) is 0 Å². The van der Waals surface area contributed by atoms with E-state index in [2.05, 4.69) is 4.90 Å². The van der Waals surface area contributed by atoms with Gasteiger partial charge in [-0.1, -0.05) is 41.4 Å². The number of aryl methyl sites for hydroxylation is 1. The Kier molecular flexibility index (Phi) is 6.76. The van der Waals surface area contributed by atoms with E-state index in [9.17, 15) is 13.2 Å². The minimum atomic E-state index is -3.94. The zero-order chi connectivity index (χ0) is 25.4. The monoisotopic (exact) mass is 545 g/mol. The molecule has 3 aromatic carbocycles. The number of anilines is 2. The third-order valence-electron chi connectivity index (χ3n) is 6.52. The second-order valence-corrected chi connectivity index (χ2v) is 11.5. The fourth-order valence-corrected chi connectivity index (χ4v) is 6.36. The second-order valence-electron chi connectivity index (χ2n) is 8.81. The van der Waals surface area contributed by atoms with E-state index in [1.807, 2.05) is 25.1 Å². The quantitative estimate of drug-likeness (QED) is 0.478. The lowest BCUT2D eigenvalue weighted by Crippen LogP contribution is -2.56. The van der Waals surface area contributed by atoms with Crippen molar-refractivity contribution in [1.82, 2.24) is 4.90 Å². The number of piperazine rings is 1. The summed E-state index contributed by atoms with van der Waals surface area (Å²) in [5, 5.41) is 1.11. The smallest absolute Gasteiger partial charge is 0.265 e. The average Bonchev–Trinajstić information content (AvgIpc) is 2.89. The van der Waals surface area contributed by atoms with Crippen molar-refractivity contribution >= 4 is 50.5 Å². The van der Waals surface area contributed by atoms with E-state index < -0.39 is 16.1 Å². The first-order chi connectivity index (χ1) is 17.2. The normalized spacial score (nSPS) is 18.0. The van der Waals surface area contributed by atoms with Gasteiger partial charge in [-0.15, -0.1) is 0 Å². The van der Waals surface area contributed by atoms with Crippen LogP contribution in [0.5, 0.6) is 5.75 Å². The minimum absolute atomic E-state index is 0.0975. The van der Waals surface area contributed by atoms with Gasteiger partial charge >= 0.3 is 0 Å². The first kappa shape index (κ1) is 24.7. The van der Waals surface area contributed by atoms with Crippen LogP contribution in [0.15, 0.2) is 71.6 Å². The molecule has 10 heteroatoms. The molecule has 0 aromatic heterocycles. The van der Waals surface area contributed by atoms with Gasteiger partial charge < -0.3 is 14.5 Å². The molecule has 1 atom stereocenters. The largest absolute Gasteiger partial charge is 0.476 e. The highest BCUT2D eigenvalue weighted by Crippen LogP contribution is 2.37. The zero-order valence-corrected chi connectivity index (χ0v) is 21.9. The maximum absolute atomic E-state index is 13.5. The van der Waals surface area contributed by atoms with Crippen molar-refractivity contribution in [2.75, 3.05) is 41.9 Å². The summed E-state index contributed by atoms with van der Waals surface area (Å²) < 4.78 is 34.4. The van der Waals surface area contributed by atoms with Crippen LogP contribution >= 0.6 is 23.2 Å². The van der Waals surface area contributed by atoms with E-state index in [0.717, 1.165) is 11.3 Å². The van der Waals surface area contributed by atoms with Gasteiger partial charge in [0.25, 0.3) is 15.9 Å². The van der Waals surface area contributed by atoms with E-state index in [1.54, 1.807) is 29.2 Å². The Morgan fingerprint density at radius 1 is 0.889 bits per heavy atom. The number of carbonyl (C=O) groups excluding carboxylic acids is 1. The van der Waals surface area contributed by atoms with Crippen molar-refractivity contribution in [1.29, 1.82) is 0 Å². The van der Waals surface area contributed by atoms with Crippen LogP contribution in [-0.4, -0.2) is 58.1 Å². The molecule has 7 nitrogen and oxygen atoms in total. The molecule has 2 aliphatic rings. The summed E-state index contributed by atoms with van der Waals surface area (Å²) in [4.78, 5) is 17.5. The van der Waals surface area contributed by atoms with Crippen molar-refractivity contribution in [3.8, 4) is 5.75 Å². The third-order valence-corrected chi connectivity index (χ3v) is 8.80. The summed E-state index contributed by atoms with van der Waals surface area (Å²) in [6.07, 6.45) is -0.957. The Labute approximate surface area is 220 Å². The Morgan fingerprint density at radius 3 is 2.28 bits per heavy atom. The molecule has 0 aliphatic carbocycles. The summed E-state index contributed by atoms with van der Waals surface area (Å²) in [6.45, 7) is 4.19. The first-order valence-electron chi connectivity index (χ1n) is 11.6. The highest BCUT2D eigenvalue weighted by atomic mass is 35.5. The highest BCUT2D eigenvalue weighted by molar-refractivity contribution is 7.92. The molecule has 3 aromatic rings. The molecular weight excluding hydrogens is 521 g/mol. The molecule has 1 fully saturated rings. The van der Waals surface area contributed by atoms with Gasteiger partial charge in [-0.2, -0.15) is 0 Å². The van der Waals surface area contributed by atoms with Gasteiger partial charge in [0.05, 0.1) is 17.1 Å². The van der Waals surface area contributed by atoms with Gasteiger partial charge in [0.15, 0.2) is 6.10 Å². The van der Waals surface area contributed by atoms with E-state index in [4.69, 9.17) is 27.9 Å². The van der Waals surface area contributed by atoms with Gasteiger partial charge in [0, 0.05) is 41.9 Å². The fourth-order valence-electron chi connectivity index (χ4n) is 4.59. The van der Waals surface area contributed by atoms with Crippen LogP contribution in [0, 0.1) is 6.92 Å². The second kappa shape index (κ2) is 9.84. The zero-order valence-electron chi connectivity index (χ0n) is 19.6. The van der Waals surface area contributed by atoms with Gasteiger partial charge in [0.2, 0.25) is 0 Å².